The Bertz CT molecular complexity index is 1820. The highest BCUT2D eigenvalue weighted by Gasteiger charge is 2.12. The summed E-state index contributed by atoms with van der Waals surface area (Å²) in [5.41, 5.74) is 3.41. The number of phenols is 1. The number of esters is 2. The predicted molar refractivity (Wildman–Crippen MR) is 189 cm³/mol. The third kappa shape index (κ3) is 11.1. The molecule has 50 heavy (non-hydrogen) atoms. The summed E-state index contributed by atoms with van der Waals surface area (Å²) in [4.78, 5) is 26.0. The molecule has 0 aromatic heterocycles. The zero-order valence-corrected chi connectivity index (χ0v) is 28.5. The van der Waals surface area contributed by atoms with Gasteiger partial charge in [0, 0.05) is 24.8 Å². The molecule has 0 radical (unpaired) electrons. The van der Waals surface area contributed by atoms with Gasteiger partial charge in [-0.2, -0.15) is 20.5 Å². The number of ether oxygens (including phenoxy) is 2. The Morgan fingerprint density at radius 3 is 1.72 bits per heavy atom. The van der Waals surface area contributed by atoms with Crippen LogP contribution in [0.15, 0.2) is 116 Å². The van der Waals surface area contributed by atoms with E-state index in [1.807, 2.05) is 24.3 Å². The first-order chi connectivity index (χ1) is 24.2. The van der Waals surface area contributed by atoms with Gasteiger partial charge in [0.15, 0.2) is 5.82 Å². The lowest BCUT2D eigenvalue weighted by atomic mass is 10.2. The summed E-state index contributed by atoms with van der Waals surface area (Å²) in [5.74, 6) is -2.12. The molecule has 0 fully saturated rings. The van der Waals surface area contributed by atoms with E-state index in [4.69, 9.17) is 9.47 Å². The number of carbonyl (C=O) groups is 2. The summed E-state index contributed by atoms with van der Waals surface area (Å²) in [6, 6.07) is 22.9. The summed E-state index contributed by atoms with van der Waals surface area (Å²) < 4.78 is 25.1. The van der Waals surface area contributed by atoms with Crippen molar-refractivity contribution < 1.29 is 28.6 Å². The van der Waals surface area contributed by atoms with Crippen molar-refractivity contribution in [2.75, 3.05) is 31.2 Å². The van der Waals surface area contributed by atoms with E-state index in [0.717, 1.165) is 24.5 Å². The van der Waals surface area contributed by atoms with E-state index in [-0.39, 0.29) is 53.5 Å². The molecule has 12 nitrogen and oxygen atoms in total. The fourth-order valence-electron chi connectivity index (χ4n) is 4.41. The number of phenolic OH excluding ortho intramolecular Hbond substituents is 1. The minimum absolute atomic E-state index is 0.0351. The first-order valence-electron chi connectivity index (χ1n) is 16.3. The average Bonchev–Trinajstić information content (AvgIpc) is 3.12. The van der Waals surface area contributed by atoms with Gasteiger partial charge >= 0.3 is 11.9 Å². The summed E-state index contributed by atoms with van der Waals surface area (Å²) in [6.45, 7) is 9.98. The maximum atomic E-state index is 14.8. The lowest BCUT2D eigenvalue weighted by Crippen LogP contribution is -2.21. The fourth-order valence-corrected chi connectivity index (χ4v) is 4.41. The second kappa shape index (κ2) is 18.6. The van der Waals surface area contributed by atoms with Gasteiger partial charge in [-0.1, -0.05) is 13.8 Å². The number of nitrogens with zero attached hydrogens (tertiary/aromatic N) is 7. The standard InChI is InChI=1S/C37H40FN7O5/c1-5-45(6-2)31-17-14-29(15-18-31)40-39-27-10-12-28(13-11-27)41-42-30-16-20-33(32(38)24-30)43-44-34-19-9-26(23-35(34)46)37(48)50-22-8-7-21-49-36(47)25(3)4/h9-20,23-25,46H,5-8,21-22H2,1-4H3/b40-39+,42-41+,44-43+. The van der Waals surface area contributed by atoms with Crippen LogP contribution < -0.4 is 4.90 Å². The van der Waals surface area contributed by atoms with E-state index >= 15 is 0 Å². The summed E-state index contributed by atoms with van der Waals surface area (Å²) in [7, 11) is 0. The molecule has 0 unspecified atom stereocenters. The topological polar surface area (TPSA) is 150 Å². The molecule has 0 bridgehead atoms. The van der Waals surface area contributed by atoms with Crippen molar-refractivity contribution in [1.82, 2.24) is 0 Å². The number of benzene rings is 4. The molecule has 0 aliphatic rings. The molecule has 4 rings (SSSR count). The zero-order valence-electron chi connectivity index (χ0n) is 28.5. The molecule has 260 valence electrons. The van der Waals surface area contributed by atoms with Gasteiger partial charge in [0.05, 0.1) is 47.4 Å². The van der Waals surface area contributed by atoms with Crippen LogP contribution in [0.3, 0.4) is 0 Å². The Balaban J connectivity index is 1.27. The van der Waals surface area contributed by atoms with Crippen molar-refractivity contribution in [1.29, 1.82) is 0 Å². The van der Waals surface area contributed by atoms with E-state index in [0.29, 0.717) is 24.2 Å². The smallest absolute Gasteiger partial charge is 0.338 e. The van der Waals surface area contributed by atoms with Gasteiger partial charge in [-0.15, -0.1) is 10.2 Å². The highest BCUT2D eigenvalue weighted by molar-refractivity contribution is 5.90. The zero-order chi connectivity index (χ0) is 35.9. The highest BCUT2D eigenvalue weighted by Crippen LogP contribution is 2.32. The largest absolute Gasteiger partial charge is 0.506 e. The molecule has 0 aliphatic carbocycles. The number of anilines is 1. The van der Waals surface area contributed by atoms with Crippen LogP contribution in [0, 0.1) is 11.7 Å². The van der Waals surface area contributed by atoms with Gasteiger partial charge in [-0.3, -0.25) is 4.79 Å². The Morgan fingerprint density at radius 2 is 1.18 bits per heavy atom. The molecule has 1 N–H and O–H groups in total. The van der Waals surface area contributed by atoms with E-state index in [9.17, 15) is 19.1 Å². The van der Waals surface area contributed by atoms with E-state index in [1.54, 1.807) is 38.1 Å². The van der Waals surface area contributed by atoms with Gasteiger partial charge in [-0.25, -0.2) is 9.18 Å². The number of unbranched alkanes of at least 4 members (excludes halogenated alkanes) is 1. The van der Waals surface area contributed by atoms with Crippen molar-refractivity contribution in [3.05, 3.63) is 96.3 Å². The van der Waals surface area contributed by atoms with Crippen LogP contribution in [0.1, 0.15) is 50.9 Å². The molecule has 4 aromatic carbocycles. The number of aromatic hydroxyl groups is 1. The monoisotopic (exact) mass is 681 g/mol. The van der Waals surface area contributed by atoms with Crippen LogP contribution in [0.5, 0.6) is 5.75 Å². The molecule has 4 aromatic rings. The van der Waals surface area contributed by atoms with Gasteiger partial charge < -0.3 is 19.5 Å². The van der Waals surface area contributed by atoms with Gasteiger partial charge in [-0.05, 0) is 106 Å². The quantitative estimate of drug-likeness (QED) is 0.0706. The number of halogens is 1. The Kier molecular flexibility index (Phi) is 13.8. The van der Waals surface area contributed by atoms with Crippen LogP contribution >= 0.6 is 0 Å². The molecular formula is C37H40FN7O5. The lowest BCUT2D eigenvalue weighted by Gasteiger charge is -2.20. The second-order valence-corrected chi connectivity index (χ2v) is 11.3. The average molecular weight is 682 g/mol. The third-order valence-electron chi connectivity index (χ3n) is 7.29. The van der Waals surface area contributed by atoms with Crippen molar-refractivity contribution in [3.8, 4) is 5.75 Å². The van der Waals surface area contributed by atoms with Crippen molar-refractivity contribution >= 4 is 51.8 Å². The first kappa shape index (κ1) is 37.0. The number of rotatable bonds is 16. The molecule has 0 amide bonds. The minimum Gasteiger partial charge on any atom is -0.506 e. The van der Waals surface area contributed by atoms with E-state index < -0.39 is 11.8 Å². The number of azo groups is 3. The maximum absolute atomic E-state index is 14.8. The SMILES string of the molecule is CCN(CC)c1ccc(/N=N/c2ccc(/N=N/c3ccc(/N=N/c4ccc(C(=O)OCCCCOC(=O)C(C)C)cc4O)c(F)c3)cc2)cc1. The normalized spacial score (nSPS) is 11.6. The molecule has 0 spiro atoms. The van der Waals surface area contributed by atoms with Crippen LogP contribution in [0.4, 0.5) is 44.2 Å². The van der Waals surface area contributed by atoms with Crippen LogP contribution in [-0.2, 0) is 14.3 Å². The van der Waals surface area contributed by atoms with Gasteiger partial charge in [0.1, 0.15) is 17.1 Å². The molecule has 0 saturated heterocycles. The third-order valence-corrected chi connectivity index (χ3v) is 7.29. The molecule has 13 heteroatoms. The van der Waals surface area contributed by atoms with E-state index in [2.05, 4.69) is 49.4 Å². The summed E-state index contributed by atoms with van der Waals surface area (Å²) in [6.07, 6.45) is 1.06. The highest BCUT2D eigenvalue weighted by atomic mass is 19.1. The van der Waals surface area contributed by atoms with Gasteiger partial charge in [0.2, 0.25) is 0 Å². The number of hydrogen-bond donors (Lipinski definition) is 1. The molecule has 0 saturated carbocycles. The Morgan fingerprint density at radius 1 is 0.680 bits per heavy atom. The van der Waals surface area contributed by atoms with Crippen LogP contribution in [0.2, 0.25) is 0 Å². The fraction of sp³-hybridized carbons (Fsp3) is 0.297. The second-order valence-electron chi connectivity index (χ2n) is 11.3. The minimum atomic E-state index is -0.690. The molecule has 0 aliphatic heterocycles. The van der Waals surface area contributed by atoms with Crippen molar-refractivity contribution in [3.63, 3.8) is 0 Å². The molecular weight excluding hydrogens is 641 g/mol. The Labute approximate surface area is 290 Å². The predicted octanol–water partition coefficient (Wildman–Crippen LogP) is 10.8. The van der Waals surface area contributed by atoms with Crippen LogP contribution in [0.25, 0.3) is 0 Å². The summed E-state index contributed by atoms with van der Waals surface area (Å²) in [5, 5.41) is 35.0. The Hall–Kier alpha value is -5.85. The van der Waals surface area contributed by atoms with Crippen LogP contribution in [-0.4, -0.2) is 43.3 Å². The van der Waals surface area contributed by atoms with Crippen molar-refractivity contribution in [2.45, 2.75) is 40.5 Å². The molecule has 0 atom stereocenters. The van der Waals surface area contributed by atoms with Crippen molar-refractivity contribution in [2.24, 2.45) is 36.6 Å². The lowest BCUT2D eigenvalue weighted by molar-refractivity contribution is -0.147. The first-order valence-corrected chi connectivity index (χ1v) is 16.3. The van der Waals surface area contributed by atoms with Gasteiger partial charge in [0.25, 0.3) is 0 Å². The summed E-state index contributed by atoms with van der Waals surface area (Å²) >= 11 is 0. The number of hydrogen-bond acceptors (Lipinski definition) is 12. The maximum Gasteiger partial charge on any atom is 0.338 e. The number of carbonyl (C=O) groups excluding carboxylic acids is 2. The van der Waals surface area contributed by atoms with E-state index in [1.165, 1.54) is 36.4 Å². The molecule has 0 heterocycles.